The number of hydrogen-bond donors (Lipinski definition) is 2. The van der Waals surface area contributed by atoms with Gasteiger partial charge in [0.1, 0.15) is 5.75 Å². The highest BCUT2D eigenvalue weighted by Gasteiger charge is 2.63. The highest BCUT2D eigenvalue weighted by atomic mass is 16.3. The van der Waals surface area contributed by atoms with Crippen molar-refractivity contribution in [1.29, 1.82) is 0 Å². The summed E-state index contributed by atoms with van der Waals surface area (Å²) in [4.78, 5) is 9.72. The Bertz CT molecular complexity index is 1040. The van der Waals surface area contributed by atoms with Gasteiger partial charge in [-0.1, -0.05) is 6.07 Å². The zero-order valence-corrected chi connectivity index (χ0v) is 19.8. The number of rotatable bonds is 5. The maximum absolute atomic E-state index is 12.6. The maximum atomic E-state index is 12.6. The van der Waals surface area contributed by atoms with Crippen LogP contribution in [0.15, 0.2) is 36.5 Å². The van der Waals surface area contributed by atoms with Crippen LogP contribution in [0.3, 0.4) is 0 Å². The van der Waals surface area contributed by atoms with Crippen LogP contribution in [0.25, 0.3) is 0 Å². The molecule has 3 atom stereocenters. The molecule has 2 N–H and O–H groups in total. The Morgan fingerprint density at radius 3 is 2.70 bits per heavy atom. The van der Waals surface area contributed by atoms with Crippen molar-refractivity contribution >= 4 is 0 Å². The van der Waals surface area contributed by atoms with Crippen LogP contribution in [-0.4, -0.2) is 69.4 Å². The molecule has 33 heavy (non-hydrogen) atoms. The molecule has 2 saturated heterocycles. The third-order valence-electron chi connectivity index (χ3n) is 9.18. The first-order valence-corrected chi connectivity index (χ1v) is 12.9. The first kappa shape index (κ1) is 21.6. The Hall–Kier alpha value is -1.95. The molecular weight excluding hydrogens is 410 g/mol. The fraction of sp³-hybridized carbons (Fsp3) is 0.607. The smallest absolute Gasteiger partial charge is 0.115 e. The van der Waals surface area contributed by atoms with E-state index in [-0.39, 0.29) is 11.5 Å². The fourth-order valence-electron chi connectivity index (χ4n) is 7.14. The molecule has 2 aromatic rings. The van der Waals surface area contributed by atoms with Crippen LogP contribution in [-0.2, 0) is 18.3 Å². The molecule has 1 aromatic heterocycles. The minimum Gasteiger partial charge on any atom is -0.508 e. The summed E-state index contributed by atoms with van der Waals surface area (Å²) >= 11 is 0. The van der Waals surface area contributed by atoms with E-state index < -0.39 is 5.60 Å². The zero-order chi connectivity index (χ0) is 22.6. The first-order valence-electron chi connectivity index (χ1n) is 12.9. The van der Waals surface area contributed by atoms with Crippen molar-refractivity contribution in [3.8, 4) is 5.75 Å². The quantitative estimate of drug-likeness (QED) is 0.735. The Labute approximate surface area is 197 Å². The average molecular weight is 448 g/mol. The Morgan fingerprint density at radius 1 is 1.06 bits per heavy atom. The third-order valence-corrected chi connectivity index (χ3v) is 9.18. The maximum Gasteiger partial charge on any atom is 0.115 e. The van der Waals surface area contributed by atoms with Crippen LogP contribution in [0.1, 0.15) is 54.5 Å². The molecule has 0 spiro atoms. The number of benzene rings is 1. The van der Waals surface area contributed by atoms with Crippen molar-refractivity contribution < 1.29 is 10.2 Å². The van der Waals surface area contributed by atoms with Gasteiger partial charge >= 0.3 is 0 Å². The molecule has 1 aromatic carbocycles. The molecule has 2 aliphatic heterocycles. The molecule has 176 valence electrons. The molecule has 3 unspecified atom stereocenters. The predicted molar refractivity (Wildman–Crippen MR) is 129 cm³/mol. The van der Waals surface area contributed by atoms with E-state index in [2.05, 4.69) is 39.9 Å². The second kappa shape index (κ2) is 8.07. The van der Waals surface area contributed by atoms with Gasteiger partial charge in [-0.2, -0.15) is 0 Å². The number of fused-ring (bicyclic) bond motifs is 1. The molecule has 5 heteroatoms. The lowest BCUT2D eigenvalue weighted by molar-refractivity contribution is -0.149. The lowest BCUT2D eigenvalue weighted by Gasteiger charge is -2.61. The summed E-state index contributed by atoms with van der Waals surface area (Å²) in [7, 11) is 0. The van der Waals surface area contributed by atoms with Crippen LogP contribution < -0.4 is 0 Å². The zero-order valence-electron chi connectivity index (χ0n) is 19.8. The number of aryl methyl sites for hydroxylation is 1. The van der Waals surface area contributed by atoms with E-state index in [4.69, 9.17) is 0 Å². The minimum absolute atomic E-state index is 0.183. The number of aliphatic hydroxyl groups is 1. The SMILES string of the molecule is Cc1ccnc(CCN2CCC34CCN(CC5CC5)C(Cc5ccc(O)cc53)C4(O)CC2)c1. The molecule has 2 aliphatic carbocycles. The Morgan fingerprint density at radius 2 is 1.88 bits per heavy atom. The predicted octanol–water partition coefficient (Wildman–Crippen LogP) is 3.44. The standard InChI is InChI=1S/C28H37N3O2/c1-20-6-11-29-23(16-20)7-12-30-13-8-27-9-15-31(19-21-2-3-21)26(28(27,33)10-14-30)17-22-4-5-24(32)18-25(22)27/h4-6,11,16,18,21,26,32-33H,2-3,7-10,12-15,17,19H2,1H3. The number of nitrogens with zero attached hydrogens (tertiary/aromatic N) is 3. The fourth-order valence-corrected chi connectivity index (χ4v) is 7.14. The normalized spacial score (nSPS) is 32.1. The number of phenols is 1. The molecule has 1 saturated carbocycles. The lowest BCUT2D eigenvalue weighted by Crippen LogP contribution is -2.71. The summed E-state index contributed by atoms with van der Waals surface area (Å²) in [5.41, 5.74) is 3.96. The van der Waals surface area contributed by atoms with Gasteiger partial charge in [0.2, 0.25) is 0 Å². The van der Waals surface area contributed by atoms with Crippen molar-refractivity contribution in [2.45, 2.75) is 68.9 Å². The first-order chi connectivity index (χ1) is 16.0. The van der Waals surface area contributed by atoms with Crippen molar-refractivity contribution in [2.24, 2.45) is 5.92 Å². The van der Waals surface area contributed by atoms with Gasteiger partial charge in [-0.05, 0) is 105 Å². The van der Waals surface area contributed by atoms with E-state index in [0.717, 1.165) is 76.4 Å². The topological polar surface area (TPSA) is 59.8 Å². The highest BCUT2D eigenvalue weighted by molar-refractivity contribution is 5.48. The van der Waals surface area contributed by atoms with Crippen LogP contribution in [0, 0.1) is 12.8 Å². The second-order valence-corrected chi connectivity index (χ2v) is 11.2. The van der Waals surface area contributed by atoms with Gasteiger partial charge in [-0.15, -0.1) is 0 Å². The van der Waals surface area contributed by atoms with Crippen LogP contribution in [0.5, 0.6) is 5.75 Å². The van der Waals surface area contributed by atoms with Gasteiger partial charge in [0.05, 0.1) is 5.60 Å². The van der Waals surface area contributed by atoms with E-state index in [1.807, 2.05) is 18.3 Å². The van der Waals surface area contributed by atoms with Gasteiger partial charge < -0.3 is 15.1 Å². The minimum atomic E-state index is -0.739. The molecule has 0 radical (unpaired) electrons. The highest BCUT2D eigenvalue weighted by Crippen LogP contribution is 2.56. The van der Waals surface area contributed by atoms with E-state index in [9.17, 15) is 10.2 Å². The molecule has 3 fully saturated rings. The summed E-state index contributed by atoms with van der Waals surface area (Å²) in [6.45, 7) is 7.21. The van der Waals surface area contributed by atoms with E-state index in [1.54, 1.807) is 0 Å². The van der Waals surface area contributed by atoms with Gasteiger partial charge in [0, 0.05) is 49.4 Å². The van der Waals surface area contributed by atoms with E-state index in [0.29, 0.717) is 5.75 Å². The lowest BCUT2D eigenvalue weighted by atomic mass is 9.52. The molecule has 2 bridgehead atoms. The molecular formula is C28H37N3O2. The molecule has 0 amide bonds. The molecule has 3 heterocycles. The summed E-state index contributed by atoms with van der Waals surface area (Å²) < 4.78 is 0. The molecule has 4 aliphatic rings. The molecule has 6 rings (SSSR count). The molecule has 5 nitrogen and oxygen atoms in total. The third kappa shape index (κ3) is 3.69. The number of phenolic OH excluding ortho intramolecular Hbond substituents is 1. The summed E-state index contributed by atoms with van der Waals surface area (Å²) in [6, 6.07) is 10.3. The number of pyridine rings is 1. The van der Waals surface area contributed by atoms with Crippen LogP contribution in [0.2, 0.25) is 0 Å². The average Bonchev–Trinajstić information content (AvgIpc) is 3.62. The van der Waals surface area contributed by atoms with Crippen molar-refractivity contribution in [1.82, 2.24) is 14.8 Å². The van der Waals surface area contributed by atoms with Crippen LogP contribution >= 0.6 is 0 Å². The number of aromatic nitrogens is 1. The van der Waals surface area contributed by atoms with Gasteiger partial charge in [0.15, 0.2) is 0 Å². The summed E-state index contributed by atoms with van der Waals surface area (Å²) in [6.07, 6.45) is 9.18. The van der Waals surface area contributed by atoms with E-state index in [1.165, 1.54) is 29.5 Å². The van der Waals surface area contributed by atoms with Gasteiger partial charge in [-0.25, -0.2) is 0 Å². The second-order valence-electron chi connectivity index (χ2n) is 11.2. The van der Waals surface area contributed by atoms with Crippen molar-refractivity contribution in [3.05, 3.63) is 58.9 Å². The number of piperidine rings is 1. The number of hydrogen-bond acceptors (Lipinski definition) is 5. The van der Waals surface area contributed by atoms with Crippen molar-refractivity contribution in [2.75, 3.05) is 32.7 Å². The van der Waals surface area contributed by atoms with Gasteiger partial charge in [0.25, 0.3) is 0 Å². The van der Waals surface area contributed by atoms with Gasteiger partial charge in [-0.3, -0.25) is 9.88 Å². The summed E-state index contributed by atoms with van der Waals surface area (Å²) in [5.74, 6) is 1.15. The number of aromatic hydroxyl groups is 1. The number of likely N-dealkylation sites (tertiary alicyclic amines) is 2. The van der Waals surface area contributed by atoms with Crippen molar-refractivity contribution in [3.63, 3.8) is 0 Å². The van der Waals surface area contributed by atoms with E-state index >= 15 is 0 Å². The largest absolute Gasteiger partial charge is 0.508 e. The monoisotopic (exact) mass is 447 g/mol. The van der Waals surface area contributed by atoms with Crippen LogP contribution in [0.4, 0.5) is 0 Å². The summed E-state index contributed by atoms with van der Waals surface area (Å²) in [5, 5.41) is 22.9. The Kier molecular flexibility index (Phi) is 5.28. The Balaban J connectivity index is 1.30.